The molecule has 1 aliphatic rings. The number of nitrogens with two attached hydrogens (primary N) is 1. The lowest BCUT2D eigenvalue weighted by Crippen LogP contribution is -2.34. The van der Waals surface area contributed by atoms with E-state index in [-0.39, 0.29) is 33.6 Å². The van der Waals surface area contributed by atoms with Gasteiger partial charge in [-0.1, -0.05) is 29.6 Å². The van der Waals surface area contributed by atoms with E-state index in [1.807, 2.05) is 0 Å². The molecule has 1 saturated carbocycles. The Morgan fingerprint density at radius 2 is 1.95 bits per heavy atom. The summed E-state index contributed by atoms with van der Waals surface area (Å²) in [4.78, 5) is 12.1. The van der Waals surface area contributed by atoms with E-state index in [9.17, 15) is 9.18 Å². The van der Waals surface area contributed by atoms with Crippen molar-refractivity contribution in [3.8, 4) is 0 Å². The Balaban J connectivity index is 2.10. The van der Waals surface area contributed by atoms with Crippen LogP contribution in [0.1, 0.15) is 25.7 Å². The lowest BCUT2D eigenvalue weighted by molar-refractivity contribution is -0.120. The van der Waals surface area contributed by atoms with Crippen molar-refractivity contribution in [1.82, 2.24) is 0 Å². The number of amides is 1. The minimum absolute atomic E-state index is 0.0589. The molecule has 1 aromatic rings. The molecule has 1 aromatic carbocycles. The smallest absolute Gasteiger partial charge is 0.227 e. The summed E-state index contributed by atoms with van der Waals surface area (Å²) in [7, 11) is 0. The molecule has 3 nitrogen and oxygen atoms in total. The molecular formula is C13H15Cl2FN2O. The molecule has 1 fully saturated rings. The number of hydrogen-bond donors (Lipinski definition) is 2. The summed E-state index contributed by atoms with van der Waals surface area (Å²) in [5.41, 5.74) is 6.11. The van der Waals surface area contributed by atoms with Crippen LogP contribution < -0.4 is 11.1 Å². The van der Waals surface area contributed by atoms with Crippen LogP contribution in [0.15, 0.2) is 12.1 Å². The zero-order chi connectivity index (χ0) is 14.0. The van der Waals surface area contributed by atoms with Crippen LogP contribution in [0.5, 0.6) is 0 Å². The van der Waals surface area contributed by atoms with Crippen LogP contribution in [0, 0.1) is 11.7 Å². The summed E-state index contributed by atoms with van der Waals surface area (Å²) < 4.78 is 13.1. The number of benzene rings is 1. The quantitative estimate of drug-likeness (QED) is 0.877. The fourth-order valence-corrected chi connectivity index (χ4v) is 2.91. The maximum atomic E-state index is 13.1. The number of hydrogen-bond acceptors (Lipinski definition) is 2. The zero-order valence-electron chi connectivity index (χ0n) is 10.3. The van der Waals surface area contributed by atoms with Crippen LogP contribution in [0.25, 0.3) is 0 Å². The molecule has 0 heterocycles. The fraction of sp³-hybridized carbons (Fsp3) is 0.462. The van der Waals surface area contributed by atoms with Crippen molar-refractivity contribution in [2.24, 2.45) is 11.7 Å². The SMILES string of the molecule is NC1CCCC(C(=O)Nc2c(Cl)cc(F)cc2Cl)C1. The van der Waals surface area contributed by atoms with Gasteiger partial charge in [0.05, 0.1) is 15.7 Å². The molecule has 0 spiro atoms. The first kappa shape index (κ1) is 14.6. The molecule has 2 atom stereocenters. The summed E-state index contributed by atoms with van der Waals surface area (Å²) in [6.07, 6.45) is 3.34. The van der Waals surface area contributed by atoms with E-state index in [0.717, 1.165) is 31.4 Å². The van der Waals surface area contributed by atoms with Crippen molar-refractivity contribution in [1.29, 1.82) is 0 Å². The molecule has 0 radical (unpaired) electrons. The average molecular weight is 305 g/mol. The molecular weight excluding hydrogens is 290 g/mol. The molecule has 1 aliphatic carbocycles. The first-order valence-corrected chi connectivity index (χ1v) is 6.94. The number of halogens is 3. The van der Waals surface area contributed by atoms with E-state index < -0.39 is 5.82 Å². The standard InChI is InChI=1S/C13H15Cl2FN2O/c14-10-5-8(16)6-11(15)12(10)18-13(19)7-2-1-3-9(17)4-7/h5-7,9H,1-4,17H2,(H,18,19). The maximum Gasteiger partial charge on any atom is 0.227 e. The highest BCUT2D eigenvalue weighted by Gasteiger charge is 2.26. The van der Waals surface area contributed by atoms with Crippen LogP contribution in [0.2, 0.25) is 10.0 Å². The molecule has 0 aromatic heterocycles. The third-order valence-electron chi connectivity index (χ3n) is 3.34. The molecule has 3 N–H and O–H groups in total. The van der Waals surface area contributed by atoms with Crippen LogP contribution in [-0.4, -0.2) is 11.9 Å². The highest BCUT2D eigenvalue weighted by molar-refractivity contribution is 6.39. The van der Waals surface area contributed by atoms with Gasteiger partial charge in [0.2, 0.25) is 5.91 Å². The number of rotatable bonds is 2. The van der Waals surface area contributed by atoms with E-state index in [1.54, 1.807) is 0 Å². The van der Waals surface area contributed by atoms with Crippen molar-refractivity contribution in [2.75, 3.05) is 5.32 Å². The number of carbonyl (C=O) groups excluding carboxylic acids is 1. The highest BCUT2D eigenvalue weighted by Crippen LogP contribution is 2.33. The summed E-state index contributed by atoms with van der Waals surface area (Å²) >= 11 is 11.8. The third kappa shape index (κ3) is 3.59. The summed E-state index contributed by atoms with van der Waals surface area (Å²) in [5.74, 6) is -0.834. The fourth-order valence-electron chi connectivity index (χ4n) is 2.35. The molecule has 1 amide bonds. The number of carbonyl (C=O) groups is 1. The Morgan fingerprint density at radius 1 is 1.32 bits per heavy atom. The summed E-state index contributed by atoms with van der Waals surface area (Å²) in [6, 6.07) is 2.30. The third-order valence-corrected chi connectivity index (χ3v) is 3.94. The van der Waals surface area contributed by atoms with Gasteiger partial charge in [0, 0.05) is 12.0 Å². The van der Waals surface area contributed by atoms with Gasteiger partial charge < -0.3 is 11.1 Å². The number of anilines is 1. The summed E-state index contributed by atoms with van der Waals surface area (Å²) in [6.45, 7) is 0. The van der Waals surface area contributed by atoms with E-state index >= 15 is 0 Å². The van der Waals surface area contributed by atoms with Gasteiger partial charge in [-0.05, 0) is 31.4 Å². The predicted molar refractivity (Wildman–Crippen MR) is 75.0 cm³/mol. The first-order chi connectivity index (χ1) is 8.97. The van der Waals surface area contributed by atoms with Gasteiger partial charge in [-0.15, -0.1) is 0 Å². The Morgan fingerprint density at radius 3 is 2.53 bits per heavy atom. The lowest BCUT2D eigenvalue weighted by atomic mass is 9.85. The molecule has 2 unspecified atom stereocenters. The monoisotopic (exact) mass is 304 g/mol. The van der Waals surface area contributed by atoms with Gasteiger partial charge in [0.25, 0.3) is 0 Å². The molecule has 0 bridgehead atoms. The van der Waals surface area contributed by atoms with Crippen molar-refractivity contribution in [2.45, 2.75) is 31.7 Å². The number of nitrogens with one attached hydrogen (secondary N) is 1. The zero-order valence-corrected chi connectivity index (χ0v) is 11.8. The molecule has 2 rings (SSSR count). The van der Waals surface area contributed by atoms with E-state index in [2.05, 4.69) is 5.32 Å². The largest absolute Gasteiger partial charge is 0.328 e. The van der Waals surface area contributed by atoms with Gasteiger partial charge in [0.1, 0.15) is 5.82 Å². The van der Waals surface area contributed by atoms with Crippen molar-refractivity contribution in [3.63, 3.8) is 0 Å². The van der Waals surface area contributed by atoms with E-state index in [0.29, 0.717) is 6.42 Å². The highest BCUT2D eigenvalue weighted by atomic mass is 35.5. The minimum Gasteiger partial charge on any atom is -0.328 e. The first-order valence-electron chi connectivity index (χ1n) is 6.18. The Labute approximate surface area is 121 Å². The topological polar surface area (TPSA) is 55.1 Å². The second-order valence-electron chi connectivity index (χ2n) is 4.86. The van der Waals surface area contributed by atoms with Crippen LogP contribution >= 0.6 is 23.2 Å². The lowest BCUT2D eigenvalue weighted by Gasteiger charge is -2.26. The Bertz CT molecular complexity index is 473. The molecule has 0 aliphatic heterocycles. The van der Waals surface area contributed by atoms with Gasteiger partial charge in [0.15, 0.2) is 0 Å². The molecule has 6 heteroatoms. The normalized spacial score (nSPS) is 23.2. The van der Waals surface area contributed by atoms with Gasteiger partial charge >= 0.3 is 0 Å². The second-order valence-corrected chi connectivity index (χ2v) is 5.67. The second kappa shape index (κ2) is 6.07. The van der Waals surface area contributed by atoms with Gasteiger partial charge in [-0.3, -0.25) is 4.79 Å². The van der Waals surface area contributed by atoms with Crippen molar-refractivity contribution >= 4 is 34.8 Å². The Kier molecular flexibility index (Phi) is 4.66. The van der Waals surface area contributed by atoms with Crippen LogP contribution in [0.4, 0.5) is 10.1 Å². The van der Waals surface area contributed by atoms with Crippen LogP contribution in [0.3, 0.4) is 0 Å². The van der Waals surface area contributed by atoms with Crippen molar-refractivity contribution in [3.05, 3.63) is 28.0 Å². The van der Waals surface area contributed by atoms with Crippen LogP contribution in [-0.2, 0) is 4.79 Å². The predicted octanol–water partition coefficient (Wildman–Crippen LogP) is 3.59. The minimum atomic E-state index is -0.535. The Hall–Kier alpha value is -0.840. The van der Waals surface area contributed by atoms with Gasteiger partial charge in [-0.25, -0.2) is 4.39 Å². The molecule has 19 heavy (non-hydrogen) atoms. The summed E-state index contributed by atoms with van der Waals surface area (Å²) in [5, 5.41) is 2.86. The molecule has 104 valence electrons. The molecule has 0 saturated heterocycles. The van der Waals surface area contributed by atoms with E-state index in [1.165, 1.54) is 0 Å². The van der Waals surface area contributed by atoms with E-state index in [4.69, 9.17) is 28.9 Å². The van der Waals surface area contributed by atoms with Crippen molar-refractivity contribution < 1.29 is 9.18 Å². The maximum absolute atomic E-state index is 13.1. The van der Waals surface area contributed by atoms with Gasteiger partial charge in [-0.2, -0.15) is 0 Å². The average Bonchev–Trinajstić information content (AvgIpc) is 2.33.